The Morgan fingerprint density at radius 3 is 2.66 bits per heavy atom. The number of phenolic OH excluding ortho intramolecular Hbond substituents is 1. The zero-order chi connectivity index (χ0) is 27.0. The van der Waals surface area contributed by atoms with Gasteiger partial charge in [0, 0.05) is 31.7 Å². The number of carbonyl (C=O) groups is 2. The van der Waals surface area contributed by atoms with E-state index in [4.69, 9.17) is 4.74 Å². The van der Waals surface area contributed by atoms with Crippen molar-refractivity contribution in [2.24, 2.45) is 0 Å². The van der Waals surface area contributed by atoms with E-state index < -0.39 is 17.7 Å². The molecular formula is C28H29N5O5. The SMILES string of the molecule is CCOc1cc(C2C(=C(O)c3nc4c(C)cccn4c3C)C(=O)C(=O)N2CCCn2ccnc2)ccc1O. The van der Waals surface area contributed by atoms with E-state index in [0.29, 0.717) is 36.5 Å². The molecule has 1 saturated heterocycles. The molecule has 1 amide bonds. The third kappa shape index (κ3) is 4.27. The van der Waals surface area contributed by atoms with Crippen LogP contribution in [0.1, 0.15) is 41.9 Å². The number of aliphatic hydroxyl groups excluding tert-OH is 1. The summed E-state index contributed by atoms with van der Waals surface area (Å²) in [6.45, 7) is 6.69. The predicted molar refractivity (Wildman–Crippen MR) is 140 cm³/mol. The molecule has 10 nitrogen and oxygen atoms in total. The first kappa shape index (κ1) is 25.1. The Morgan fingerprint density at radius 2 is 1.95 bits per heavy atom. The lowest BCUT2D eigenvalue weighted by Crippen LogP contribution is -2.31. The van der Waals surface area contributed by atoms with Gasteiger partial charge >= 0.3 is 0 Å². The number of rotatable bonds is 8. The Bertz CT molecular complexity index is 1550. The highest BCUT2D eigenvalue weighted by Gasteiger charge is 2.46. The van der Waals surface area contributed by atoms with E-state index in [2.05, 4.69) is 9.97 Å². The van der Waals surface area contributed by atoms with Crippen molar-refractivity contribution in [1.29, 1.82) is 0 Å². The van der Waals surface area contributed by atoms with Gasteiger partial charge in [-0.1, -0.05) is 12.1 Å². The molecular weight excluding hydrogens is 486 g/mol. The molecule has 196 valence electrons. The number of aromatic nitrogens is 4. The van der Waals surface area contributed by atoms with Crippen molar-refractivity contribution in [3.63, 3.8) is 0 Å². The number of imidazole rings is 2. The fourth-order valence-electron chi connectivity index (χ4n) is 4.95. The summed E-state index contributed by atoms with van der Waals surface area (Å²) < 4.78 is 9.30. The average molecular weight is 516 g/mol. The van der Waals surface area contributed by atoms with Gasteiger partial charge in [0.1, 0.15) is 11.3 Å². The Morgan fingerprint density at radius 1 is 1.13 bits per heavy atom. The lowest BCUT2D eigenvalue weighted by Gasteiger charge is -2.26. The number of ether oxygens (including phenoxy) is 1. The zero-order valence-electron chi connectivity index (χ0n) is 21.5. The van der Waals surface area contributed by atoms with Gasteiger partial charge in [0.2, 0.25) is 0 Å². The van der Waals surface area contributed by atoms with Gasteiger partial charge in [0.15, 0.2) is 17.3 Å². The summed E-state index contributed by atoms with van der Waals surface area (Å²) in [4.78, 5) is 36.9. The number of hydrogen-bond donors (Lipinski definition) is 2. The topological polar surface area (TPSA) is 122 Å². The lowest BCUT2D eigenvalue weighted by atomic mass is 9.96. The maximum Gasteiger partial charge on any atom is 0.295 e. The molecule has 4 heterocycles. The number of carbonyl (C=O) groups excluding carboxylic acids is 2. The number of ketones is 1. The first-order valence-corrected chi connectivity index (χ1v) is 12.5. The van der Waals surface area contributed by atoms with E-state index in [-0.39, 0.29) is 35.1 Å². The standard InChI is InChI=1S/C28H29N5O5/c1-4-38-21-15-19(8-9-20(21)34)24-22(25(35)23-18(3)32-12-5-7-17(2)27(32)30-23)26(36)28(37)33(24)13-6-11-31-14-10-29-16-31/h5,7-10,12,14-16,24,34-35H,4,6,11,13H2,1-3H3. The number of aromatic hydroxyl groups is 1. The van der Waals surface area contributed by atoms with Crippen LogP contribution in [0.5, 0.6) is 11.5 Å². The largest absolute Gasteiger partial charge is 0.505 e. The van der Waals surface area contributed by atoms with Gasteiger partial charge in [-0.2, -0.15) is 0 Å². The van der Waals surface area contributed by atoms with Gasteiger partial charge in [0.05, 0.1) is 30.2 Å². The highest BCUT2D eigenvalue weighted by molar-refractivity contribution is 6.46. The van der Waals surface area contributed by atoms with Gasteiger partial charge in [-0.15, -0.1) is 0 Å². The highest BCUT2D eigenvalue weighted by atomic mass is 16.5. The van der Waals surface area contributed by atoms with Crippen LogP contribution in [0.25, 0.3) is 11.4 Å². The van der Waals surface area contributed by atoms with Crippen molar-refractivity contribution in [3.8, 4) is 11.5 Å². The average Bonchev–Trinajstić information content (AvgIpc) is 3.60. The van der Waals surface area contributed by atoms with Crippen LogP contribution in [-0.4, -0.2) is 58.9 Å². The monoisotopic (exact) mass is 515 g/mol. The van der Waals surface area contributed by atoms with Crippen molar-refractivity contribution >= 4 is 23.1 Å². The highest BCUT2D eigenvalue weighted by Crippen LogP contribution is 2.42. The number of amides is 1. The summed E-state index contributed by atoms with van der Waals surface area (Å²) >= 11 is 0. The van der Waals surface area contributed by atoms with Crippen LogP contribution < -0.4 is 4.74 Å². The lowest BCUT2D eigenvalue weighted by molar-refractivity contribution is -0.139. The van der Waals surface area contributed by atoms with Crippen LogP contribution in [0.15, 0.2) is 60.8 Å². The van der Waals surface area contributed by atoms with E-state index >= 15 is 0 Å². The quantitative estimate of drug-likeness (QED) is 0.208. The normalized spacial score (nSPS) is 17.0. The first-order chi connectivity index (χ1) is 18.3. The Hall–Kier alpha value is -4.60. The summed E-state index contributed by atoms with van der Waals surface area (Å²) in [6.07, 6.45) is 7.59. The summed E-state index contributed by atoms with van der Waals surface area (Å²) in [7, 11) is 0. The second kappa shape index (κ2) is 10.0. The number of phenols is 1. The van der Waals surface area contributed by atoms with E-state index in [9.17, 15) is 19.8 Å². The molecule has 1 atom stereocenters. The second-order valence-corrected chi connectivity index (χ2v) is 9.24. The number of aliphatic hydroxyl groups is 1. The van der Waals surface area contributed by atoms with Crippen LogP contribution >= 0.6 is 0 Å². The van der Waals surface area contributed by atoms with Crippen LogP contribution in [0.4, 0.5) is 0 Å². The zero-order valence-corrected chi connectivity index (χ0v) is 21.5. The molecule has 10 heteroatoms. The van der Waals surface area contributed by atoms with Gasteiger partial charge in [0.25, 0.3) is 11.7 Å². The van der Waals surface area contributed by atoms with E-state index in [1.165, 1.54) is 11.0 Å². The molecule has 0 radical (unpaired) electrons. The minimum Gasteiger partial charge on any atom is -0.505 e. The van der Waals surface area contributed by atoms with Crippen molar-refractivity contribution < 1.29 is 24.5 Å². The van der Waals surface area contributed by atoms with Crippen molar-refractivity contribution in [1.82, 2.24) is 23.8 Å². The number of pyridine rings is 1. The van der Waals surface area contributed by atoms with Crippen molar-refractivity contribution in [3.05, 3.63) is 83.3 Å². The molecule has 3 aromatic heterocycles. The summed E-state index contributed by atoms with van der Waals surface area (Å²) in [5, 5.41) is 21.8. The number of likely N-dealkylation sites (tertiary alicyclic amines) is 1. The molecule has 5 rings (SSSR count). The maximum absolute atomic E-state index is 13.4. The molecule has 4 aromatic rings. The molecule has 1 unspecified atom stereocenters. The van der Waals surface area contributed by atoms with Crippen molar-refractivity contribution in [2.45, 2.75) is 39.8 Å². The Balaban J connectivity index is 1.63. The number of fused-ring (bicyclic) bond motifs is 1. The summed E-state index contributed by atoms with van der Waals surface area (Å²) in [6, 6.07) is 7.61. The molecule has 1 fully saturated rings. The third-order valence-electron chi connectivity index (χ3n) is 6.82. The van der Waals surface area contributed by atoms with E-state index in [1.54, 1.807) is 38.5 Å². The minimum absolute atomic E-state index is 0.0464. The van der Waals surface area contributed by atoms with Crippen LogP contribution in [0.2, 0.25) is 0 Å². The number of nitrogens with zero attached hydrogens (tertiary/aromatic N) is 5. The minimum atomic E-state index is -0.886. The number of hydrogen-bond acceptors (Lipinski definition) is 7. The maximum atomic E-state index is 13.4. The van der Waals surface area contributed by atoms with Gasteiger partial charge in [-0.25, -0.2) is 9.97 Å². The molecule has 0 aliphatic carbocycles. The summed E-state index contributed by atoms with van der Waals surface area (Å²) in [5.41, 5.74) is 2.94. The molecule has 0 saturated carbocycles. The van der Waals surface area contributed by atoms with Crippen molar-refractivity contribution in [2.75, 3.05) is 13.2 Å². The smallest absolute Gasteiger partial charge is 0.295 e. The van der Waals surface area contributed by atoms with Crippen LogP contribution in [0.3, 0.4) is 0 Å². The fraction of sp³-hybridized carbons (Fsp3) is 0.286. The molecule has 0 spiro atoms. The molecule has 38 heavy (non-hydrogen) atoms. The van der Waals surface area contributed by atoms with Crippen LogP contribution in [-0.2, 0) is 16.1 Å². The molecule has 1 aromatic carbocycles. The second-order valence-electron chi connectivity index (χ2n) is 9.24. The number of aryl methyl sites for hydroxylation is 3. The third-order valence-corrected chi connectivity index (χ3v) is 6.82. The van der Waals surface area contributed by atoms with Crippen LogP contribution in [0, 0.1) is 13.8 Å². The number of Topliss-reactive ketones (excluding diaryl/α,β-unsaturated/α-hetero) is 1. The van der Waals surface area contributed by atoms with Gasteiger partial charge in [-0.3, -0.25) is 9.59 Å². The molecule has 1 aliphatic rings. The Kier molecular flexibility index (Phi) is 6.62. The van der Waals surface area contributed by atoms with Gasteiger partial charge in [-0.05, 0) is 56.5 Å². The predicted octanol–water partition coefficient (Wildman–Crippen LogP) is 3.76. The summed E-state index contributed by atoms with van der Waals surface area (Å²) in [5.74, 6) is -1.65. The fourth-order valence-corrected chi connectivity index (χ4v) is 4.95. The first-order valence-electron chi connectivity index (χ1n) is 12.5. The van der Waals surface area contributed by atoms with Gasteiger partial charge < -0.3 is 28.8 Å². The Labute approximate surface area is 219 Å². The molecule has 1 aliphatic heterocycles. The van der Waals surface area contributed by atoms with E-state index in [1.807, 2.05) is 40.4 Å². The molecule has 0 bridgehead atoms. The van der Waals surface area contributed by atoms with E-state index in [0.717, 1.165) is 5.56 Å². The number of benzene rings is 1. The molecule has 2 N–H and O–H groups in total.